The lowest BCUT2D eigenvalue weighted by Gasteiger charge is -1.88. The van der Waals surface area contributed by atoms with Gasteiger partial charge in [0.15, 0.2) is 0 Å². The van der Waals surface area contributed by atoms with Crippen molar-refractivity contribution < 1.29 is 15.0 Å². The highest BCUT2D eigenvalue weighted by atomic mass is 16.4. The van der Waals surface area contributed by atoms with Crippen LogP contribution >= 0.6 is 0 Å². The summed E-state index contributed by atoms with van der Waals surface area (Å²) in [6.07, 6.45) is 1.41. The highest BCUT2D eigenvalue weighted by molar-refractivity contribution is 5.73. The van der Waals surface area contributed by atoms with Crippen LogP contribution in [0.15, 0.2) is 0 Å². The molecule has 1 rings (SSSR count). The van der Waals surface area contributed by atoms with Crippen LogP contribution in [0.5, 0.6) is 0 Å². The highest BCUT2D eigenvalue weighted by Gasteiger charge is 2.42. The molecular formula is C6H10O3. The summed E-state index contributed by atoms with van der Waals surface area (Å²) in [6.45, 7) is 0.119. The maximum Gasteiger partial charge on any atom is 0.306 e. The number of hydrogen-bond donors (Lipinski definition) is 2. The quantitative estimate of drug-likeness (QED) is 0.569. The minimum atomic E-state index is -0.714. The molecule has 3 heteroatoms. The molecule has 9 heavy (non-hydrogen) atoms. The van der Waals surface area contributed by atoms with Crippen LogP contribution in [-0.4, -0.2) is 22.8 Å². The third kappa shape index (κ3) is 1.42. The van der Waals surface area contributed by atoms with E-state index in [1.165, 1.54) is 0 Å². The molecule has 2 N–H and O–H groups in total. The Balaban J connectivity index is 2.17. The lowest BCUT2D eigenvalue weighted by molar-refractivity contribution is -0.138. The number of rotatable bonds is 3. The first-order valence-electron chi connectivity index (χ1n) is 3.09. The van der Waals surface area contributed by atoms with E-state index in [2.05, 4.69) is 0 Å². The summed E-state index contributed by atoms with van der Waals surface area (Å²) in [5.41, 5.74) is 0. The van der Waals surface area contributed by atoms with Gasteiger partial charge in [-0.05, 0) is 18.8 Å². The van der Waals surface area contributed by atoms with Gasteiger partial charge in [0.1, 0.15) is 0 Å². The zero-order chi connectivity index (χ0) is 6.85. The second-order valence-electron chi connectivity index (χ2n) is 2.45. The molecule has 3 nitrogen and oxygen atoms in total. The van der Waals surface area contributed by atoms with Crippen molar-refractivity contribution in [2.24, 2.45) is 11.8 Å². The normalized spacial score (nSPS) is 32.1. The van der Waals surface area contributed by atoms with Crippen LogP contribution in [0.4, 0.5) is 0 Å². The molecule has 1 aliphatic carbocycles. The third-order valence-corrected chi connectivity index (χ3v) is 1.74. The lowest BCUT2D eigenvalue weighted by Crippen LogP contribution is -2.00. The lowest BCUT2D eigenvalue weighted by atomic mass is 10.2. The Hall–Kier alpha value is -0.570. The Bertz CT molecular complexity index is 121. The molecule has 0 spiro atoms. The van der Waals surface area contributed by atoms with Crippen LogP contribution in [0.3, 0.4) is 0 Å². The number of carboxylic acids is 1. The standard InChI is InChI=1S/C6H10O3/c7-2-1-4-3-5(4)6(8)9/h4-5,7H,1-3H2,(H,8,9). The molecule has 0 aliphatic heterocycles. The van der Waals surface area contributed by atoms with E-state index >= 15 is 0 Å². The van der Waals surface area contributed by atoms with Crippen LogP contribution in [0.2, 0.25) is 0 Å². The average Bonchev–Trinajstić information content (AvgIpc) is 2.47. The molecule has 0 aromatic carbocycles. The van der Waals surface area contributed by atoms with Crippen LogP contribution in [0.25, 0.3) is 0 Å². The summed E-state index contributed by atoms with van der Waals surface area (Å²) >= 11 is 0. The van der Waals surface area contributed by atoms with E-state index in [-0.39, 0.29) is 18.4 Å². The van der Waals surface area contributed by atoms with Gasteiger partial charge < -0.3 is 10.2 Å². The zero-order valence-electron chi connectivity index (χ0n) is 5.08. The molecule has 52 valence electrons. The highest BCUT2D eigenvalue weighted by Crippen LogP contribution is 2.40. The molecule has 0 saturated heterocycles. The van der Waals surface area contributed by atoms with E-state index in [1.54, 1.807) is 0 Å². The van der Waals surface area contributed by atoms with Gasteiger partial charge in [0.2, 0.25) is 0 Å². The first-order valence-corrected chi connectivity index (χ1v) is 3.09. The van der Waals surface area contributed by atoms with Gasteiger partial charge >= 0.3 is 5.97 Å². The van der Waals surface area contributed by atoms with Crippen LogP contribution in [0, 0.1) is 11.8 Å². The van der Waals surface area contributed by atoms with Gasteiger partial charge in [-0.25, -0.2) is 0 Å². The van der Waals surface area contributed by atoms with Crippen molar-refractivity contribution >= 4 is 5.97 Å². The van der Waals surface area contributed by atoms with E-state index in [1.807, 2.05) is 0 Å². The second-order valence-corrected chi connectivity index (χ2v) is 2.45. The van der Waals surface area contributed by atoms with E-state index in [9.17, 15) is 4.79 Å². The van der Waals surface area contributed by atoms with E-state index < -0.39 is 5.97 Å². The van der Waals surface area contributed by atoms with Crippen LogP contribution < -0.4 is 0 Å². The summed E-state index contributed by atoms with van der Waals surface area (Å²) in [6, 6.07) is 0. The summed E-state index contributed by atoms with van der Waals surface area (Å²) in [4.78, 5) is 10.2. The van der Waals surface area contributed by atoms with Gasteiger partial charge in [-0.2, -0.15) is 0 Å². The summed E-state index contributed by atoms with van der Waals surface area (Å²) in [5, 5.41) is 16.8. The third-order valence-electron chi connectivity index (χ3n) is 1.74. The van der Waals surface area contributed by atoms with Crippen LogP contribution in [0.1, 0.15) is 12.8 Å². The molecule has 0 aromatic heterocycles. The van der Waals surface area contributed by atoms with Crippen molar-refractivity contribution in [1.82, 2.24) is 0 Å². The van der Waals surface area contributed by atoms with Crippen molar-refractivity contribution in [3.63, 3.8) is 0 Å². The number of carbonyl (C=O) groups is 1. The Kier molecular flexibility index (Phi) is 1.71. The number of aliphatic carboxylic acids is 1. The molecular weight excluding hydrogens is 120 g/mol. The van der Waals surface area contributed by atoms with Crippen molar-refractivity contribution in [3.8, 4) is 0 Å². The molecule has 0 amide bonds. The Morgan fingerprint density at radius 1 is 1.67 bits per heavy atom. The second kappa shape index (κ2) is 2.35. The molecule has 0 radical (unpaired) electrons. The van der Waals surface area contributed by atoms with Gasteiger partial charge in [0.05, 0.1) is 5.92 Å². The van der Waals surface area contributed by atoms with Crippen molar-refractivity contribution in [2.75, 3.05) is 6.61 Å². The van der Waals surface area contributed by atoms with Crippen molar-refractivity contribution in [1.29, 1.82) is 0 Å². The zero-order valence-corrected chi connectivity index (χ0v) is 5.08. The topological polar surface area (TPSA) is 57.5 Å². The van der Waals surface area contributed by atoms with Crippen LogP contribution in [-0.2, 0) is 4.79 Å². The summed E-state index contributed by atoms with van der Waals surface area (Å²) < 4.78 is 0. The predicted octanol–water partition coefficient (Wildman–Crippen LogP) is 0.0895. The molecule has 1 saturated carbocycles. The fraction of sp³-hybridized carbons (Fsp3) is 0.833. The Morgan fingerprint density at radius 3 is 2.67 bits per heavy atom. The van der Waals surface area contributed by atoms with Crippen molar-refractivity contribution in [2.45, 2.75) is 12.8 Å². The minimum absolute atomic E-state index is 0.119. The maximum atomic E-state index is 10.2. The van der Waals surface area contributed by atoms with Crippen molar-refractivity contribution in [3.05, 3.63) is 0 Å². The van der Waals surface area contributed by atoms with E-state index in [0.717, 1.165) is 6.42 Å². The number of aliphatic hydroxyl groups is 1. The molecule has 1 fully saturated rings. The Morgan fingerprint density at radius 2 is 2.33 bits per heavy atom. The van der Waals surface area contributed by atoms with Gasteiger partial charge in [0, 0.05) is 6.61 Å². The SMILES string of the molecule is O=C(O)C1CC1CCO. The van der Waals surface area contributed by atoms with Gasteiger partial charge in [-0.3, -0.25) is 4.79 Å². The van der Waals surface area contributed by atoms with Gasteiger partial charge in [0.25, 0.3) is 0 Å². The average molecular weight is 130 g/mol. The largest absolute Gasteiger partial charge is 0.481 e. The number of aliphatic hydroxyl groups excluding tert-OH is 1. The van der Waals surface area contributed by atoms with E-state index in [0.29, 0.717) is 6.42 Å². The number of hydrogen-bond acceptors (Lipinski definition) is 2. The van der Waals surface area contributed by atoms with Gasteiger partial charge in [-0.1, -0.05) is 0 Å². The molecule has 0 heterocycles. The summed E-state index contributed by atoms with van der Waals surface area (Å²) in [7, 11) is 0. The molecule has 0 bridgehead atoms. The predicted molar refractivity (Wildman–Crippen MR) is 30.9 cm³/mol. The maximum absolute atomic E-state index is 10.2. The first kappa shape index (κ1) is 6.55. The first-order chi connectivity index (χ1) is 4.25. The molecule has 2 unspecified atom stereocenters. The molecule has 1 aliphatic rings. The van der Waals surface area contributed by atoms with Gasteiger partial charge in [-0.15, -0.1) is 0 Å². The Labute approximate surface area is 53.3 Å². The smallest absolute Gasteiger partial charge is 0.306 e. The summed E-state index contributed by atoms with van der Waals surface area (Å²) in [5.74, 6) is -0.613. The number of carboxylic acid groups (broad SMARTS) is 1. The molecule has 0 aromatic rings. The molecule has 2 atom stereocenters. The fourth-order valence-electron chi connectivity index (χ4n) is 1.03. The minimum Gasteiger partial charge on any atom is -0.481 e. The fourth-order valence-corrected chi connectivity index (χ4v) is 1.03. The van der Waals surface area contributed by atoms with E-state index in [4.69, 9.17) is 10.2 Å². The monoisotopic (exact) mass is 130 g/mol.